The molecule has 206 valence electrons. The maximum atomic E-state index is 13.2. The predicted molar refractivity (Wildman–Crippen MR) is 137 cm³/mol. The Kier molecular flexibility index (Phi) is 6.59. The van der Waals surface area contributed by atoms with Crippen LogP contribution < -0.4 is 19.6 Å². The predicted octanol–water partition coefficient (Wildman–Crippen LogP) is 3.28. The van der Waals surface area contributed by atoms with Crippen molar-refractivity contribution in [2.24, 2.45) is 0 Å². The maximum Gasteiger partial charge on any atom is 0.343 e. The number of phenolic OH excluding ortho intramolecular Hbond substituents is 3. The highest BCUT2D eigenvalue weighted by molar-refractivity contribution is 5.94. The lowest BCUT2D eigenvalue weighted by atomic mass is 9.85. The molecule has 1 unspecified atom stereocenters. The van der Waals surface area contributed by atoms with Crippen molar-refractivity contribution in [3.05, 3.63) is 63.8 Å². The number of carbonyl (C=O) groups excluding carboxylic acids is 2. The van der Waals surface area contributed by atoms with Crippen molar-refractivity contribution >= 4 is 22.9 Å². The van der Waals surface area contributed by atoms with Crippen LogP contribution in [0.15, 0.2) is 51.7 Å². The van der Waals surface area contributed by atoms with E-state index >= 15 is 0 Å². The van der Waals surface area contributed by atoms with Crippen LogP contribution in [0.25, 0.3) is 22.3 Å². The van der Waals surface area contributed by atoms with E-state index in [-0.39, 0.29) is 58.1 Å². The second-order valence-electron chi connectivity index (χ2n) is 8.83. The quantitative estimate of drug-likeness (QED) is 0.156. The Bertz CT molecular complexity index is 1740. The summed E-state index contributed by atoms with van der Waals surface area (Å²) >= 11 is 0. The minimum absolute atomic E-state index is 0.0574. The van der Waals surface area contributed by atoms with Crippen molar-refractivity contribution in [1.82, 2.24) is 0 Å². The van der Waals surface area contributed by atoms with Crippen molar-refractivity contribution in [1.29, 1.82) is 0 Å². The first-order chi connectivity index (χ1) is 19.1. The zero-order chi connectivity index (χ0) is 28.7. The summed E-state index contributed by atoms with van der Waals surface area (Å²) in [6, 6.07) is 9.37. The molecule has 3 aromatic carbocycles. The van der Waals surface area contributed by atoms with Crippen LogP contribution in [0.1, 0.15) is 23.5 Å². The van der Waals surface area contributed by atoms with E-state index in [9.17, 15) is 34.8 Å². The van der Waals surface area contributed by atoms with Gasteiger partial charge in [0.2, 0.25) is 11.2 Å². The van der Waals surface area contributed by atoms with E-state index in [1.54, 1.807) is 12.1 Å². The van der Waals surface area contributed by atoms with E-state index in [4.69, 9.17) is 18.6 Å². The van der Waals surface area contributed by atoms with Crippen LogP contribution in [0.5, 0.6) is 40.2 Å². The standard InChI is InChI=1S/C28H22O12/c1-36-19-8-12(4-6-18(19)38-11-22(33)37-2)14-9-21(32)39-20-10-17(31)24-25(34)26(35)27(40-28(24)23(14)20)13-3-5-15(29)16(30)7-13/h3-8,10,14,29-31,35H,9,11H2,1-2H3. The van der Waals surface area contributed by atoms with Gasteiger partial charge in [-0.3, -0.25) is 9.59 Å². The minimum atomic E-state index is -0.969. The maximum absolute atomic E-state index is 13.2. The number of benzene rings is 3. The molecule has 12 nitrogen and oxygen atoms in total. The number of esters is 2. The molecule has 0 radical (unpaired) electrons. The second kappa shape index (κ2) is 10.1. The fourth-order valence-corrected chi connectivity index (χ4v) is 4.54. The molecule has 4 N–H and O–H groups in total. The zero-order valence-corrected chi connectivity index (χ0v) is 21.1. The topological polar surface area (TPSA) is 182 Å². The number of ether oxygens (including phenoxy) is 4. The summed E-state index contributed by atoms with van der Waals surface area (Å²) in [5.74, 6) is -4.31. The van der Waals surface area contributed by atoms with Gasteiger partial charge in [0.25, 0.3) is 0 Å². The van der Waals surface area contributed by atoms with E-state index in [0.717, 1.165) is 18.2 Å². The molecule has 0 saturated heterocycles. The van der Waals surface area contributed by atoms with Gasteiger partial charge in [-0.1, -0.05) is 6.07 Å². The Hall–Kier alpha value is -5.39. The van der Waals surface area contributed by atoms with Crippen molar-refractivity contribution in [2.75, 3.05) is 20.8 Å². The average molecular weight is 550 g/mol. The highest BCUT2D eigenvalue weighted by Gasteiger charge is 2.35. The lowest BCUT2D eigenvalue weighted by Crippen LogP contribution is -2.22. The van der Waals surface area contributed by atoms with Crippen LogP contribution in [0.4, 0.5) is 0 Å². The lowest BCUT2D eigenvalue weighted by Gasteiger charge is -2.26. The highest BCUT2D eigenvalue weighted by Crippen LogP contribution is 2.48. The largest absolute Gasteiger partial charge is 0.507 e. The Morgan fingerprint density at radius 3 is 2.42 bits per heavy atom. The summed E-state index contributed by atoms with van der Waals surface area (Å²) in [5.41, 5.74) is -0.320. The number of hydrogen-bond acceptors (Lipinski definition) is 12. The van der Waals surface area contributed by atoms with E-state index in [1.165, 1.54) is 26.4 Å². The normalized spacial score (nSPS) is 14.3. The first-order valence-electron chi connectivity index (χ1n) is 11.8. The van der Waals surface area contributed by atoms with Crippen molar-refractivity contribution < 1.29 is 53.4 Å². The van der Waals surface area contributed by atoms with Gasteiger partial charge in [-0.05, 0) is 35.9 Å². The van der Waals surface area contributed by atoms with E-state index in [2.05, 4.69) is 4.74 Å². The molecule has 0 amide bonds. The molecule has 12 heteroatoms. The molecular weight excluding hydrogens is 528 g/mol. The molecule has 1 aliphatic heterocycles. The number of phenols is 3. The number of fused-ring (bicyclic) bond motifs is 3. The van der Waals surface area contributed by atoms with Gasteiger partial charge >= 0.3 is 11.9 Å². The zero-order valence-electron chi connectivity index (χ0n) is 21.1. The van der Waals surface area contributed by atoms with Crippen LogP contribution in [0.3, 0.4) is 0 Å². The number of rotatable bonds is 6. The molecule has 2 heterocycles. The number of methoxy groups -OCH3 is 2. The van der Waals surface area contributed by atoms with Gasteiger partial charge in [0.15, 0.2) is 35.4 Å². The monoisotopic (exact) mass is 550 g/mol. The first kappa shape index (κ1) is 26.2. The van der Waals surface area contributed by atoms with Crippen LogP contribution in [-0.2, 0) is 14.3 Å². The number of hydrogen-bond donors (Lipinski definition) is 4. The molecule has 1 aliphatic rings. The van der Waals surface area contributed by atoms with Gasteiger partial charge in [-0.2, -0.15) is 0 Å². The highest BCUT2D eigenvalue weighted by atomic mass is 16.6. The fourth-order valence-electron chi connectivity index (χ4n) is 4.54. The Morgan fingerprint density at radius 2 is 1.73 bits per heavy atom. The molecule has 40 heavy (non-hydrogen) atoms. The molecular formula is C28H22O12. The van der Waals surface area contributed by atoms with Crippen molar-refractivity contribution in [3.8, 4) is 51.6 Å². The van der Waals surface area contributed by atoms with Gasteiger partial charge in [-0.15, -0.1) is 0 Å². The molecule has 5 rings (SSSR count). The summed E-state index contributed by atoms with van der Waals surface area (Å²) in [6.45, 7) is -0.362. The smallest absolute Gasteiger partial charge is 0.343 e. The molecule has 0 aliphatic carbocycles. The molecule has 0 fully saturated rings. The summed E-state index contributed by atoms with van der Waals surface area (Å²) in [4.78, 5) is 37.3. The number of carbonyl (C=O) groups is 2. The molecule has 4 aromatic rings. The number of aromatic hydroxyl groups is 4. The molecule has 0 spiro atoms. The van der Waals surface area contributed by atoms with Gasteiger partial charge < -0.3 is 43.8 Å². The Labute approximate surface area is 225 Å². The van der Waals surface area contributed by atoms with Gasteiger partial charge in [-0.25, -0.2) is 4.79 Å². The third-order valence-corrected chi connectivity index (χ3v) is 6.47. The Balaban J connectivity index is 1.72. The third kappa shape index (κ3) is 4.45. The molecule has 1 aromatic heterocycles. The third-order valence-electron chi connectivity index (χ3n) is 6.47. The van der Waals surface area contributed by atoms with Crippen LogP contribution in [0, 0.1) is 0 Å². The fraction of sp³-hybridized carbons (Fsp3) is 0.179. The van der Waals surface area contributed by atoms with E-state index in [1.807, 2.05) is 0 Å². The minimum Gasteiger partial charge on any atom is -0.507 e. The van der Waals surface area contributed by atoms with Crippen LogP contribution in [-0.4, -0.2) is 53.2 Å². The van der Waals surface area contributed by atoms with E-state index < -0.39 is 46.3 Å². The van der Waals surface area contributed by atoms with Gasteiger partial charge in [0.05, 0.1) is 20.6 Å². The molecule has 0 bridgehead atoms. The Morgan fingerprint density at radius 1 is 0.950 bits per heavy atom. The average Bonchev–Trinajstić information content (AvgIpc) is 2.94. The lowest BCUT2D eigenvalue weighted by molar-refractivity contribution is -0.143. The van der Waals surface area contributed by atoms with Crippen molar-refractivity contribution in [3.63, 3.8) is 0 Å². The first-order valence-corrected chi connectivity index (χ1v) is 11.8. The summed E-state index contributed by atoms with van der Waals surface area (Å²) in [7, 11) is 2.61. The molecule has 1 atom stereocenters. The van der Waals surface area contributed by atoms with Crippen molar-refractivity contribution in [2.45, 2.75) is 12.3 Å². The van der Waals surface area contributed by atoms with E-state index in [0.29, 0.717) is 5.56 Å². The SMILES string of the molecule is COC(=O)COc1ccc(C2CC(=O)Oc3cc(O)c4c(=O)c(O)c(-c5ccc(O)c(O)c5)oc4c32)cc1OC. The van der Waals surface area contributed by atoms with Crippen LogP contribution in [0.2, 0.25) is 0 Å². The van der Waals surface area contributed by atoms with Crippen LogP contribution >= 0.6 is 0 Å². The second-order valence-corrected chi connectivity index (χ2v) is 8.83. The van der Waals surface area contributed by atoms with Gasteiger partial charge in [0, 0.05) is 23.1 Å². The summed E-state index contributed by atoms with van der Waals surface area (Å²) in [6.07, 6.45) is -0.182. The summed E-state index contributed by atoms with van der Waals surface area (Å²) in [5, 5.41) is 40.6. The van der Waals surface area contributed by atoms with Gasteiger partial charge in [0.1, 0.15) is 22.5 Å². The molecule has 0 saturated carbocycles. The summed E-state index contributed by atoms with van der Waals surface area (Å²) < 4.78 is 26.8.